The molecule has 0 unspecified atom stereocenters. The Hall–Kier alpha value is -2.26. The average molecular weight is 749 g/mol. The van der Waals surface area contributed by atoms with E-state index in [1.807, 2.05) is 6.08 Å². The number of hydrogen-bond donors (Lipinski definition) is 4. The van der Waals surface area contributed by atoms with Crippen LogP contribution in [0.15, 0.2) is 48.6 Å². The fourth-order valence-corrected chi connectivity index (χ4v) is 6.00. The first kappa shape index (κ1) is 50.7. The molecule has 0 fully saturated rings. The van der Waals surface area contributed by atoms with Gasteiger partial charge < -0.3 is 29.9 Å². The average Bonchev–Trinajstić information content (AvgIpc) is 3.15. The third kappa shape index (κ3) is 37.8. The number of carbonyl (C=O) groups excluding carboxylic acids is 2. The molecule has 0 saturated heterocycles. The van der Waals surface area contributed by atoms with Crippen molar-refractivity contribution >= 4 is 11.9 Å². The molecule has 0 bridgehead atoms. The van der Waals surface area contributed by atoms with E-state index in [1.54, 1.807) is 36.5 Å². The first-order valence-electron chi connectivity index (χ1n) is 21.5. The predicted molar refractivity (Wildman–Crippen MR) is 219 cm³/mol. The molecule has 53 heavy (non-hydrogen) atoms. The van der Waals surface area contributed by atoms with Gasteiger partial charge in [0.05, 0.1) is 18.3 Å². The first-order chi connectivity index (χ1) is 25.8. The molecule has 0 aliphatic heterocycles. The van der Waals surface area contributed by atoms with E-state index < -0.39 is 30.4 Å². The minimum Gasteiger partial charge on any atom is -0.463 e. The highest BCUT2D eigenvalue weighted by Gasteiger charge is 2.15. The standard InChI is InChI=1S/C45H80O8/c1-3-5-7-8-9-10-11-12-13-14-15-16-17-18-19-20-21-26-30-36-44(50)52-38-41(47)39-53-45(51)37-31-35-43(49)42(48)34-29-25-23-22-24-28-33-40(46)32-27-6-4-2/h22-25,28-29,33-34,40-43,46-49H,3-21,26-27,30-32,35-39H2,1-2H3/b24-22-,25-23+,33-28+,34-29+/t40-,41-,42-,43-/m1/s1. The number of carbonyl (C=O) groups is 2. The Bertz CT molecular complexity index is 943. The molecule has 0 aliphatic rings. The molecule has 0 amide bonds. The fourth-order valence-electron chi connectivity index (χ4n) is 6.00. The topological polar surface area (TPSA) is 134 Å². The fraction of sp³-hybridized carbons (Fsp3) is 0.778. The number of unbranched alkanes of at least 4 members (excludes halogenated alkanes) is 20. The Morgan fingerprint density at radius 3 is 1.30 bits per heavy atom. The molecular formula is C45H80O8. The number of aliphatic hydroxyl groups is 4. The zero-order chi connectivity index (χ0) is 39.0. The van der Waals surface area contributed by atoms with E-state index in [-0.39, 0.29) is 32.0 Å². The van der Waals surface area contributed by atoms with Crippen LogP contribution in [0.25, 0.3) is 0 Å². The highest BCUT2D eigenvalue weighted by molar-refractivity contribution is 5.69. The maximum atomic E-state index is 12.0. The molecule has 4 N–H and O–H groups in total. The second-order valence-corrected chi connectivity index (χ2v) is 14.7. The second-order valence-electron chi connectivity index (χ2n) is 14.7. The van der Waals surface area contributed by atoms with Gasteiger partial charge in [-0.3, -0.25) is 9.59 Å². The number of hydrogen-bond acceptors (Lipinski definition) is 8. The summed E-state index contributed by atoms with van der Waals surface area (Å²) >= 11 is 0. The van der Waals surface area contributed by atoms with Crippen LogP contribution in [0.1, 0.15) is 187 Å². The second kappa shape index (κ2) is 39.4. The molecule has 0 heterocycles. The van der Waals surface area contributed by atoms with Crippen LogP contribution in [0.4, 0.5) is 0 Å². The van der Waals surface area contributed by atoms with Crippen LogP contribution in [0.2, 0.25) is 0 Å². The molecule has 0 radical (unpaired) electrons. The van der Waals surface area contributed by atoms with Crippen LogP contribution in [0.3, 0.4) is 0 Å². The Kier molecular flexibility index (Phi) is 37.8. The maximum Gasteiger partial charge on any atom is 0.305 e. The van der Waals surface area contributed by atoms with Crippen molar-refractivity contribution in [3.05, 3.63) is 48.6 Å². The van der Waals surface area contributed by atoms with E-state index in [0.29, 0.717) is 12.8 Å². The van der Waals surface area contributed by atoms with Gasteiger partial charge in [-0.15, -0.1) is 0 Å². The molecule has 4 atom stereocenters. The molecule has 0 aromatic rings. The summed E-state index contributed by atoms with van der Waals surface area (Å²) in [5.41, 5.74) is 0. The van der Waals surface area contributed by atoms with E-state index in [9.17, 15) is 30.0 Å². The molecule has 0 spiro atoms. The first-order valence-corrected chi connectivity index (χ1v) is 21.5. The Morgan fingerprint density at radius 2 is 0.830 bits per heavy atom. The van der Waals surface area contributed by atoms with Gasteiger partial charge in [-0.2, -0.15) is 0 Å². The summed E-state index contributed by atoms with van der Waals surface area (Å²) in [5.74, 6) is -0.878. The van der Waals surface area contributed by atoms with Crippen LogP contribution in [0, 0.1) is 0 Å². The van der Waals surface area contributed by atoms with Crippen molar-refractivity contribution in [2.45, 2.75) is 212 Å². The van der Waals surface area contributed by atoms with Gasteiger partial charge in [-0.1, -0.05) is 197 Å². The summed E-state index contributed by atoms with van der Waals surface area (Å²) < 4.78 is 10.2. The molecule has 8 nitrogen and oxygen atoms in total. The van der Waals surface area contributed by atoms with Gasteiger partial charge in [0, 0.05) is 12.8 Å². The lowest BCUT2D eigenvalue weighted by Gasteiger charge is -2.14. The molecule has 0 aromatic carbocycles. The number of rotatable bonds is 38. The summed E-state index contributed by atoms with van der Waals surface area (Å²) in [5, 5.41) is 40.2. The van der Waals surface area contributed by atoms with Crippen molar-refractivity contribution in [2.24, 2.45) is 0 Å². The molecule has 0 rings (SSSR count). The summed E-state index contributed by atoms with van der Waals surface area (Å²) in [6, 6.07) is 0. The number of esters is 2. The molecule has 308 valence electrons. The number of aliphatic hydroxyl groups excluding tert-OH is 4. The van der Waals surface area contributed by atoms with Gasteiger partial charge in [0.2, 0.25) is 0 Å². The lowest BCUT2D eigenvalue weighted by atomic mass is 10.0. The number of ether oxygens (including phenoxy) is 2. The lowest BCUT2D eigenvalue weighted by molar-refractivity contribution is -0.152. The van der Waals surface area contributed by atoms with Crippen LogP contribution in [-0.4, -0.2) is 70.0 Å². The lowest BCUT2D eigenvalue weighted by Crippen LogP contribution is -2.26. The minimum atomic E-state index is -1.09. The third-order valence-electron chi connectivity index (χ3n) is 9.43. The van der Waals surface area contributed by atoms with Crippen molar-refractivity contribution in [3.63, 3.8) is 0 Å². The highest BCUT2D eigenvalue weighted by atomic mass is 16.6. The van der Waals surface area contributed by atoms with E-state index in [1.165, 1.54) is 109 Å². The van der Waals surface area contributed by atoms with Crippen LogP contribution >= 0.6 is 0 Å². The van der Waals surface area contributed by atoms with E-state index >= 15 is 0 Å². The van der Waals surface area contributed by atoms with Gasteiger partial charge in [0.15, 0.2) is 0 Å². The zero-order valence-corrected chi connectivity index (χ0v) is 33.9. The minimum absolute atomic E-state index is 0.0327. The zero-order valence-electron chi connectivity index (χ0n) is 33.9. The van der Waals surface area contributed by atoms with Crippen LogP contribution in [0.5, 0.6) is 0 Å². The van der Waals surface area contributed by atoms with Crippen molar-refractivity contribution < 1.29 is 39.5 Å². The quantitative estimate of drug-likeness (QED) is 0.0279. The van der Waals surface area contributed by atoms with E-state index in [2.05, 4.69) is 13.8 Å². The number of allylic oxidation sites excluding steroid dienone is 6. The molecule has 0 aromatic heterocycles. The van der Waals surface area contributed by atoms with Gasteiger partial charge in [-0.25, -0.2) is 0 Å². The molecule has 0 aliphatic carbocycles. The summed E-state index contributed by atoms with van der Waals surface area (Å²) in [6.07, 6.45) is 39.8. The van der Waals surface area contributed by atoms with Crippen molar-refractivity contribution in [1.82, 2.24) is 0 Å². The SMILES string of the molecule is CCCCCCCCCCCCCCCCCCCCCC(=O)OC[C@@H](O)COC(=O)CCC[C@@H](O)[C@H](O)/C=C/C=C/C=C\C=C\[C@H](O)CCCCC. The van der Waals surface area contributed by atoms with Gasteiger partial charge in [0.1, 0.15) is 19.3 Å². The summed E-state index contributed by atoms with van der Waals surface area (Å²) in [6.45, 7) is 3.92. The predicted octanol–water partition coefficient (Wildman–Crippen LogP) is 10.3. The van der Waals surface area contributed by atoms with Crippen LogP contribution < -0.4 is 0 Å². The smallest absolute Gasteiger partial charge is 0.305 e. The van der Waals surface area contributed by atoms with Crippen molar-refractivity contribution in [2.75, 3.05) is 13.2 Å². The van der Waals surface area contributed by atoms with Gasteiger partial charge in [-0.05, 0) is 25.7 Å². The third-order valence-corrected chi connectivity index (χ3v) is 9.43. The van der Waals surface area contributed by atoms with Gasteiger partial charge in [0.25, 0.3) is 0 Å². The molecular weight excluding hydrogens is 668 g/mol. The summed E-state index contributed by atoms with van der Waals surface area (Å²) in [4.78, 5) is 24.0. The monoisotopic (exact) mass is 749 g/mol. The van der Waals surface area contributed by atoms with Gasteiger partial charge >= 0.3 is 11.9 Å². The Balaban J connectivity index is 3.70. The molecule has 8 heteroatoms. The van der Waals surface area contributed by atoms with Crippen LogP contribution in [-0.2, 0) is 19.1 Å². The normalized spacial score (nSPS) is 14.5. The summed E-state index contributed by atoms with van der Waals surface area (Å²) in [7, 11) is 0. The van der Waals surface area contributed by atoms with Crippen molar-refractivity contribution in [1.29, 1.82) is 0 Å². The maximum absolute atomic E-state index is 12.0. The Morgan fingerprint density at radius 1 is 0.453 bits per heavy atom. The Labute approximate surface area is 324 Å². The molecule has 0 saturated carbocycles. The highest BCUT2D eigenvalue weighted by Crippen LogP contribution is 2.15. The van der Waals surface area contributed by atoms with Crippen molar-refractivity contribution in [3.8, 4) is 0 Å². The largest absolute Gasteiger partial charge is 0.463 e. The van der Waals surface area contributed by atoms with E-state index in [4.69, 9.17) is 9.47 Å². The van der Waals surface area contributed by atoms with E-state index in [0.717, 1.165) is 44.9 Å².